The number of rotatable bonds is 5. The third kappa shape index (κ3) is 4.94. The minimum absolute atomic E-state index is 0.530. The van der Waals surface area contributed by atoms with E-state index in [0.717, 1.165) is 27.9 Å². The highest BCUT2D eigenvalue weighted by Crippen LogP contribution is 2.38. The molecule has 1 aromatic heterocycles. The van der Waals surface area contributed by atoms with Crippen molar-refractivity contribution in [2.75, 3.05) is 0 Å². The Balaban J connectivity index is 1.83. The van der Waals surface area contributed by atoms with Gasteiger partial charge in [-0.15, -0.1) is 11.8 Å². The molecule has 0 bridgehead atoms. The molecule has 0 spiro atoms. The van der Waals surface area contributed by atoms with Gasteiger partial charge in [0, 0.05) is 32.5 Å². The van der Waals surface area contributed by atoms with Crippen LogP contribution in [0.1, 0.15) is 16.7 Å². The maximum atomic E-state index is 10.0. The van der Waals surface area contributed by atoms with Crippen LogP contribution in [0.5, 0.6) is 0 Å². The first kappa shape index (κ1) is 21.5. The standard InChI is InChI=1S/C26H18Cl2N2S/c1-17-6-10-19(11-7-17)25-14-22(21-4-2-3-5-24(21)28)23(15-29)26(30-25)31-16-18-8-12-20(27)13-9-18/h2-14H,16H2,1H3. The molecule has 0 aliphatic carbocycles. The SMILES string of the molecule is Cc1ccc(-c2cc(-c3ccccc3Cl)c(C#N)c(SCc3ccc(Cl)cc3)n2)cc1. The molecule has 5 heteroatoms. The quantitative estimate of drug-likeness (QED) is 0.281. The molecule has 0 aliphatic heterocycles. The van der Waals surface area contributed by atoms with E-state index < -0.39 is 0 Å². The van der Waals surface area contributed by atoms with Gasteiger partial charge in [-0.3, -0.25) is 0 Å². The monoisotopic (exact) mass is 460 g/mol. The van der Waals surface area contributed by atoms with Crippen molar-refractivity contribution in [3.05, 3.63) is 106 Å². The molecule has 0 N–H and O–H groups in total. The van der Waals surface area contributed by atoms with E-state index in [1.165, 1.54) is 17.3 Å². The van der Waals surface area contributed by atoms with E-state index in [-0.39, 0.29) is 0 Å². The highest BCUT2D eigenvalue weighted by Gasteiger charge is 2.17. The molecule has 0 unspecified atom stereocenters. The van der Waals surface area contributed by atoms with Gasteiger partial charge in [0.25, 0.3) is 0 Å². The van der Waals surface area contributed by atoms with E-state index in [2.05, 4.69) is 25.1 Å². The average molecular weight is 461 g/mol. The van der Waals surface area contributed by atoms with Crippen molar-refractivity contribution in [2.24, 2.45) is 0 Å². The molecule has 0 saturated carbocycles. The summed E-state index contributed by atoms with van der Waals surface area (Å²) in [5, 5.41) is 12.0. The molecule has 1 heterocycles. The summed E-state index contributed by atoms with van der Waals surface area (Å²) in [6.07, 6.45) is 0. The van der Waals surface area contributed by atoms with E-state index >= 15 is 0 Å². The van der Waals surface area contributed by atoms with Gasteiger partial charge in [0.05, 0.1) is 11.3 Å². The topological polar surface area (TPSA) is 36.7 Å². The summed E-state index contributed by atoms with van der Waals surface area (Å²) in [6.45, 7) is 2.05. The third-order valence-electron chi connectivity index (χ3n) is 4.90. The zero-order valence-electron chi connectivity index (χ0n) is 16.8. The second-order valence-corrected chi connectivity index (χ2v) is 8.92. The van der Waals surface area contributed by atoms with Crippen LogP contribution in [-0.4, -0.2) is 4.98 Å². The maximum Gasteiger partial charge on any atom is 0.115 e. The fourth-order valence-corrected chi connectivity index (χ4v) is 4.55. The van der Waals surface area contributed by atoms with Crippen LogP contribution in [0, 0.1) is 18.3 Å². The van der Waals surface area contributed by atoms with Gasteiger partial charge in [-0.25, -0.2) is 4.98 Å². The second kappa shape index (κ2) is 9.58. The van der Waals surface area contributed by atoms with Gasteiger partial charge in [0.1, 0.15) is 11.1 Å². The van der Waals surface area contributed by atoms with Crippen LogP contribution in [0.3, 0.4) is 0 Å². The molecule has 0 fully saturated rings. The molecule has 0 amide bonds. The highest BCUT2D eigenvalue weighted by molar-refractivity contribution is 7.98. The maximum absolute atomic E-state index is 10.0. The van der Waals surface area contributed by atoms with Crippen LogP contribution in [0.2, 0.25) is 10.0 Å². The van der Waals surface area contributed by atoms with Crippen LogP contribution in [0.25, 0.3) is 22.4 Å². The van der Waals surface area contributed by atoms with Crippen LogP contribution >= 0.6 is 35.0 Å². The lowest BCUT2D eigenvalue weighted by Gasteiger charge is -2.14. The first-order chi connectivity index (χ1) is 15.0. The molecule has 152 valence electrons. The van der Waals surface area contributed by atoms with Gasteiger partial charge in [-0.1, -0.05) is 83.4 Å². The van der Waals surface area contributed by atoms with Gasteiger partial charge in [0.2, 0.25) is 0 Å². The third-order valence-corrected chi connectivity index (χ3v) is 6.53. The van der Waals surface area contributed by atoms with Crippen LogP contribution < -0.4 is 0 Å². The number of benzene rings is 3. The smallest absolute Gasteiger partial charge is 0.115 e. The zero-order valence-corrected chi connectivity index (χ0v) is 19.1. The summed E-state index contributed by atoms with van der Waals surface area (Å²) >= 11 is 14.0. The number of thioether (sulfide) groups is 1. The van der Waals surface area contributed by atoms with Gasteiger partial charge < -0.3 is 0 Å². The molecule has 4 aromatic rings. The fraction of sp³-hybridized carbons (Fsp3) is 0.0769. The Hall–Kier alpha value is -2.77. The molecule has 0 atom stereocenters. The van der Waals surface area contributed by atoms with E-state index in [1.54, 1.807) is 0 Å². The zero-order chi connectivity index (χ0) is 21.8. The number of hydrogen-bond donors (Lipinski definition) is 0. The summed E-state index contributed by atoms with van der Waals surface area (Å²) in [5.74, 6) is 0.679. The lowest BCUT2D eigenvalue weighted by Crippen LogP contribution is -1.97. The largest absolute Gasteiger partial charge is 0.240 e. The van der Waals surface area contributed by atoms with Gasteiger partial charge in [-0.2, -0.15) is 5.26 Å². The summed E-state index contributed by atoms with van der Waals surface area (Å²) < 4.78 is 0. The summed E-state index contributed by atoms with van der Waals surface area (Å²) in [7, 11) is 0. The Morgan fingerprint density at radius 3 is 2.29 bits per heavy atom. The second-order valence-electron chi connectivity index (χ2n) is 7.11. The molecule has 4 rings (SSSR count). The van der Waals surface area contributed by atoms with Crippen molar-refractivity contribution in [3.8, 4) is 28.5 Å². The Kier molecular flexibility index (Phi) is 6.63. The van der Waals surface area contributed by atoms with E-state index in [0.29, 0.717) is 26.4 Å². The Labute approximate surface area is 196 Å². The normalized spacial score (nSPS) is 10.6. The molecule has 0 radical (unpaired) electrons. The Morgan fingerprint density at radius 2 is 1.61 bits per heavy atom. The summed E-state index contributed by atoms with van der Waals surface area (Å²) in [4.78, 5) is 4.86. The van der Waals surface area contributed by atoms with Gasteiger partial charge in [0.15, 0.2) is 0 Å². The van der Waals surface area contributed by atoms with E-state index in [1.807, 2.05) is 66.7 Å². The Bertz CT molecular complexity index is 1260. The van der Waals surface area contributed by atoms with Crippen molar-refractivity contribution in [1.82, 2.24) is 4.98 Å². The number of nitrogens with zero attached hydrogens (tertiary/aromatic N) is 2. The first-order valence-corrected chi connectivity index (χ1v) is 11.4. The van der Waals surface area contributed by atoms with Crippen molar-refractivity contribution in [3.63, 3.8) is 0 Å². The van der Waals surface area contributed by atoms with Crippen LogP contribution in [0.4, 0.5) is 0 Å². The number of pyridine rings is 1. The Morgan fingerprint density at radius 1 is 0.903 bits per heavy atom. The molecule has 0 saturated heterocycles. The van der Waals surface area contributed by atoms with Crippen LogP contribution in [-0.2, 0) is 5.75 Å². The van der Waals surface area contributed by atoms with Gasteiger partial charge in [-0.05, 0) is 36.8 Å². The molecular formula is C26H18Cl2N2S. The first-order valence-electron chi connectivity index (χ1n) is 9.69. The number of halogens is 2. The molecule has 0 aliphatic rings. The lowest BCUT2D eigenvalue weighted by atomic mass is 9.99. The minimum Gasteiger partial charge on any atom is -0.240 e. The predicted molar refractivity (Wildman–Crippen MR) is 131 cm³/mol. The number of hydrogen-bond acceptors (Lipinski definition) is 3. The molecule has 31 heavy (non-hydrogen) atoms. The fourth-order valence-electron chi connectivity index (χ4n) is 3.23. The van der Waals surface area contributed by atoms with E-state index in [4.69, 9.17) is 28.2 Å². The van der Waals surface area contributed by atoms with Crippen molar-refractivity contribution in [1.29, 1.82) is 5.26 Å². The molecular weight excluding hydrogens is 443 g/mol. The number of aromatic nitrogens is 1. The molecule has 3 aromatic carbocycles. The average Bonchev–Trinajstić information content (AvgIpc) is 2.79. The van der Waals surface area contributed by atoms with Crippen molar-refractivity contribution >= 4 is 35.0 Å². The van der Waals surface area contributed by atoms with Crippen molar-refractivity contribution in [2.45, 2.75) is 17.7 Å². The van der Waals surface area contributed by atoms with E-state index in [9.17, 15) is 5.26 Å². The minimum atomic E-state index is 0.530. The molecule has 2 nitrogen and oxygen atoms in total. The summed E-state index contributed by atoms with van der Waals surface area (Å²) in [5.41, 5.74) is 6.25. The van der Waals surface area contributed by atoms with Gasteiger partial charge >= 0.3 is 0 Å². The summed E-state index contributed by atoms with van der Waals surface area (Å²) in [6, 6.07) is 27.8. The van der Waals surface area contributed by atoms with Crippen LogP contribution in [0.15, 0.2) is 83.9 Å². The number of nitriles is 1. The predicted octanol–water partition coefficient (Wildman–Crippen LogP) is 8.19. The number of aryl methyl sites for hydroxylation is 1. The highest BCUT2D eigenvalue weighted by atomic mass is 35.5. The van der Waals surface area contributed by atoms with Crippen molar-refractivity contribution < 1.29 is 0 Å². The lowest BCUT2D eigenvalue weighted by molar-refractivity contribution is 1.12.